The van der Waals surface area contributed by atoms with Gasteiger partial charge in [-0.15, -0.1) is 11.3 Å². The fourth-order valence-corrected chi connectivity index (χ4v) is 4.94. The van der Waals surface area contributed by atoms with Crippen LogP contribution in [0.2, 0.25) is 0 Å². The van der Waals surface area contributed by atoms with Gasteiger partial charge in [-0.05, 0) is 48.1 Å². The van der Waals surface area contributed by atoms with E-state index in [1.54, 1.807) is 31.4 Å². The van der Waals surface area contributed by atoms with Gasteiger partial charge in [-0.1, -0.05) is 35.8 Å². The maximum Gasteiger partial charge on any atom is 0.250 e. The van der Waals surface area contributed by atoms with Crippen LogP contribution in [-0.2, 0) is 14.8 Å². The van der Waals surface area contributed by atoms with E-state index in [4.69, 9.17) is 0 Å². The van der Waals surface area contributed by atoms with Crippen LogP contribution in [0.4, 0.5) is 5.69 Å². The van der Waals surface area contributed by atoms with E-state index in [9.17, 15) is 13.2 Å². The number of halogens is 1. The average Bonchev–Trinajstić information content (AvgIpc) is 3.02. The Balaban J connectivity index is 2.19. The molecule has 2 N–H and O–H groups in total. The first-order chi connectivity index (χ1) is 11.2. The van der Waals surface area contributed by atoms with Gasteiger partial charge in [-0.2, -0.15) is 4.72 Å². The minimum Gasteiger partial charge on any atom is -0.324 e. The summed E-state index contributed by atoms with van der Waals surface area (Å²) in [4.78, 5) is 12.6. The molecule has 0 radical (unpaired) electrons. The highest BCUT2D eigenvalue weighted by Crippen LogP contribution is 2.22. The topological polar surface area (TPSA) is 75.3 Å². The van der Waals surface area contributed by atoms with E-state index in [0.717, 1.165) is 21.4 Å². The summed E-state index contributed by atoms with van der Waals surface area (Å²) in [5, 5.41) is 4.49. The summed E-state index contributed by atoms with van der Waals surface area (Å²) in [6, 6.07) is 7.80. The molecule has 130 valence electrons. The van der Waals surface area contributed by atoms with Crippen molar-refractivity contribution in [2.45, 2.75) is 31.0 Å². The first-order valence-corrected chi connectivity index (χ1v) is 10.5. The number of sulfonamides is 1. The number of aryl methyl sites for hydroxylation is 1. The summed E-state index contributed by atoms with van der Waals surface area (Å²) in [5.74, 6) is -0.578. The van der Waals surface area contributed by atoms with Crippen molar-refractivity contribution in [3.63, 3.8) is 0 Å². The number of amides is 1. The van der Waals surface area contributed by atoms with Crippen molar-refractivity contribution in [2.24, 2.45) is 5.92 Å². The van der Waals surface area contributed by atoms with E-state index >= 15 is 0 Å². The summed E-state index contributed by atoms with van der Waals surface area (Å²) < 4.78 is 28.4. The molecular formula is C16H19BrN2O3S2. The van der Waals surface area contributed by atoms with Gasteiger partial charge in [0.05, 0.1) is 0 Å². The third-order valence-electron chi connectivity index (χ3n) is 3.44. The van der Waals surface area contributed by atoms with E-state index in [2.05, 4.69) is 26.0 Å². The minimum absolute atomic E-state index is 0.195. The molecule has 1 heterocycles. The molecule has 1 atom stereocenters. The lowest BCUT2D eigenvalue weighted by Crippen LogP contribution is -2.46. The second-order valence-electron chi connectivity index (χ2n) is 5.72. The molecular weight excluding hydrogens is 412 g/mol. The molecule has 0 aliphatic rings. The van der Waals surface area contributed by atoms with Gasteiger partial charge in [0.15, 0.2) is 0 Å². The molecule has 1 aromatic carbocycles. The Morgan fingerprint density at radius 3 is 2.50 bits per heavy atom. The van der Waals surface area contributed by atoms with Crippen molar-refractivity contribution in [3.8, 4) is 0 Å². The lowest BCUT2D eigenvalue weighted by Gasteiger charge is -2.21. The molecule has 24 heavy (non-hydrogen) atoms. The zero-order valence-electron chi connectivity index (χ0n) is 13.5. The van der Waals surface area contributed by atoms with Gasteiger partial charge >= 0.3 is 0 Å². The molecule has 0 unspecified atom stereocenters. The van der Waals surface area contributed by atoms with Crippen LogP contribution in [0.3, 0.4) is 0 Å². The Morgan fingerprint density at radius 1 is 1.25 bits per heavy atom. The van der Waals surface area contributed by atoms with E-state index in [1.807, 2.05) is 19.1 Å². The summed E-state index contributed by atoms with van der Waals surface area (Å²) in [6.07, 6.45) is 0. The monoisotopic (exact) mass is 430 g/mol. The first-order valence-electron chi connectivity index (χ1n) is 7.33. The zero-order valence-corrected chi connectivity index (χ0v) is 16.8. The van der Waals surface area contributed by atoms with Crippen LogP contribution in [0, 0.1) is 12.8 Å². The standard InChI is InChI=1S/C16H19BrN2O3S2/c1-10(2)15(19-24(21,22)14-5-4-8-23-14)16(20)18-13-7-6-12(17)9-11(13)3/h4-10,15,19H,1-3H3,(H,18,20)/t15-/m0/s1. The largest absolute Gasteiger partial charge is 0.324 e. The molecule has 0 fully saturated rings. The smallest absolute Gasteiger partial charge is 0.250 e. The summed E-state index contributed by atoms with van der Waals surface area (Å²) in [7, 11) is -3.72. The van der Waals surface area contributed by atoms with E-state index < -0.39 is 16.1 Å². The highest BCUT2D eigenvalue weighted by atomic mass is 79.9. The van der Waals surface area contributed by atoms with E-state index in [1.165, 1.54) is 6.07 Å². The number of hydrogen-bond acceptors (Lipinski definition) is 4. The number of rotatable bonds is 6. The van der Waals surface area contributed by atoms with Crippen LogP contribution in [-0.4, -0.2) is 20.4 Å². The van der Waals surface area contributed by atoms with Crippen LogP contribution >= 0.6 is 27.3 Å². The Hall–Kier alpha value is -1.22. The van der Waals surface area contributed by atoms with Crippen molar-refractivity contribution in [2.75, 3.05) is 5.32 Å². The number of hydrogen-bond donors (Lipinski definition) is 2. The average molecular weight is 431 g/mol. The molecule has 1 aromatic heterocycles. The fraction of sp³-hybridized carbons (Fsp3) is 0.312. The van der Waals surface area contributed by atoms with Crippen molar-refractivity contribution < 1.29 is 13.2 Å². The molecule has 0 saturated carbocycles. The lowest BCUT2D eigenvalue weighted by atomic mass is 10.0. The molecule has 0 saturated heterocycles. The molecule has 0 aliphatic carbocycles. The van der Waals surface area contributed by atoms with Gasteiger partial charge in [-0.3, -0.25) is 4.79 Å². The summed E-state index contributed by atoms with van der Waals surface area (Å²) in [5.41, 5.74) is 1.55. The first kappa shape index (κ1) is 19.1. The quantitative estimate of drug-likeness (QED) is 0.732. The molecule has 0 bridgehead atoms. The van der Waals surface area contributed by atoms with E-state index in [0.29, 0.717) is 5.69 Å². The van der Waals surface area contributed by atoms with E-state index in [-0.39, 0.29) is 16.0 Å². The second-order valence-corrected chi connectivity index (χ2v) is 9.53. The van der Waals surface area contributed by atoms with Crippen molar-refractivity contribution in [3.05, 3.63) is 45.7 Å². The molecule has 2 rings (SSSR count). The summed E-state index contributed by atoms with van der Waals surface area (Å²) >= 11 is 4.49. The maximum absolute atomic E-state index is 12.6. The van der Waals surface area contributed by atoms with Crippen LogP contribution in [0.1, 0.15) is 19.4 Å². The molecule has 0 aliphatic heterocycles. The predicted octanol–water partition coefficient (Wildman–Crippen LogP) is 3.76. The van der Waals surface area contributed by atoms with Gasteiger partial charge in [0.1, 0.15) is 10.3 Å². The third-order valence-corrected chi connectivity index (χ3v) is 6.77. The number of anilines is 1. The minimum atomic E-state index is -3.72. The SMILES string of the molecule is Cc1cc(Br)ccc1NC(=O)[C@@H](NS(=O)(=O)c1cccs1)C(C)C. The van der Waals surface area contributed by atoms with Crippen molar-refractivity contribution in [1.29, 1.82) is 0 Å². The lowest BCUT2D eigenvalue weighted by molar-refractivity contribution is -0.118. The highest BCUT2D eigenvalue weighted by molar-refractivity contribution is 9.10. The Morgan fingerprint density at radius 2 is 1.96 bits per heavy atom. The fourth-order valence-electron chi connectivity index (χ4n) is 2.11. The third kappa shape index (κ3) is 4.66. The van der Waals surface area contributed by atoms with Gasteiger partial charge < -0.3 is 5.32 Å². The maximum atomic E-state index is 12.6. The number of benzene rings is 1. The van der Waals surface area contributed by atoms with Gasteiger partial charge in [0.2, 0.25) is 5.91 Å². The zero-order chi connectivity index (χ0) is 17.9. The van der Waals surface area contributed by atoms with Crippen LogP contribution in [0.25, 0.3) is 0 Å². The Labute approximate surface area is 154 Å². The Kier molecular flexibility index (Phi) is 6.19. The van der Waals surface area contributed by atoms with Crippen LogP contribution in [0.5, 0.6) is 0 Å². The molecule has 2 aromatic rings. The normalized spacial score (nSPS) is 13.0. The highest BCUT2D eigenvalue weighted by Gasteiger charge is 2.29. The summed E-state index contributed by atoms with van der Waals surface area (Å²) in [6.45, 7) is 5.48. The van der Waals surface area contributed by atoms with Crippen LogP contribution in [0.15, 0.2) is 44.4 Å². The van der Waals surface area contributed by atoms with Crippen LogP contribution < -0.4 is 10.0 Å². The number of thiophene rings is 1. The second kappa shape index (κ2) is 7.77. The molecule has 8 heteroatoms. The number of carbonyl (C=O) groups is 1. The van der Waals surface area contributed by atoms with Crippen molar-refractivity contribution in [1.82, 2.24) is 4.72 Å². The van der Waals surface area contributed by atoms with Crippen molar-refractivity contribution >= 4 is 48.9 Å². The Bertz CT molecular complexity index is 818. The predicted molar refractivity (Wildman–Crippen MR) is 101 cm³/mol. The number of carbonyl (C=O) groups excluding carboxylic acids is 1. The van der Waals surface area contributed by atoms with Gasteiger partial charge in [0, 0.05) is 10.2 Å². The number of nitrogens with one attached hydrogen (secondary N) is 2. The van der Waals surface area contributed by atoms with Gasteiger partial charge in [0.25, 0.3) is 10.0 Å². The molecule has 5 nitrogen and oxygen atoms in total. The van der Waals surface area contributed by atoms with Gasteiger partial charge in [-0.25, -0.2) is 8.42 Å². The molecule has 0 spiro atoms. The molecule has 1 amide bonds.